The molecule has 0 radical (unpaired) electrons. The molecule has 18 nitrogen and oxygen atoms in total. The lowest BCUT2D eigenvalue weighted by atomic mass is 10.0. The number of anilines is 4. The van der Waals surface area contributed by atoms with Gasteiger partial charge in [0.1, 0.15) is 42.1 Å². The van der Waals surface area contributed by atoms with Crippen LogP contribution in [-0.4, -0.2) is 95.9 Å². The summed E-state index contributed by atoms with van der Waals surface area (Å²) in [5, 5.41) is 20.1. The summed E-state index contributed by atoms with van der Waals surface area (Å²) < 4.78 is 21.8. The van der Waals surface area contributed by atoms with Gasteiger partial charge in [-0.2, -0.15) is 0 Å². The molecule has 3 aromatic carbocycles. The standard InChI is InChI=1S/C47H49ClFN11O7/c48-33-23-29(15-16-34(33)49)52-44-32-24-37(54-41(62)14-10-21-58-19-6-4-7-20-58)39(25-36(32)50-28-51-44)67-27-30-26-59(57-56-30)22-8-3-1-2-5-13-40(61)53-35-12-9-11-31-43(35)47(66)60(46(31)65)38-17-18-42(63)55-45(38)64/h9-12,14-16,23-26,28,38H,1-8,13,17-22,27H2,(H,53,61)(H,54,62)(H,50,51,52)(H,55,63,64)/b14-10+. The van der Waals surface area contributed by atoms with Crippen LogP contribution in [0.4, 0.5) is 27.3 Å². The van der Waals surface area contributed by atoms with Crippen molar-refractivity contribution in [3.63, 3.8) is 0 Å². The van der Waals surface area contributed by atoms with E-state index >= 15 is 0 Å². The number of carbonyl (C=O) groups is 6. The third-order valence-electron chi connectivity index (χ3n) is 11.8. The average molecular weight is 934 g/mol. The molecule has 4 N–H and O–H groups in total. The number of unbranched alkanes of at least 4 members (excludes halogenated alkanes) is 4. The molecule has 3 aliphatic heterocycles. The summed E-state index contributed by atoms with van der Waals surface area (Å²) >= 11 is 6.03. The van der Waals surface area contributed by atoms with Crippen molar-refractivity contribution in [3.05, 3.63) is 101 Å². The van der Waals surface area contributed by atoms with Gasteiger partial charge in [-0.05, 0) is 81.6 Å². The summed E-state index contributed by atoms with van der Waals surface area (Å²) in [5.41, 5.74) is 2.33. The van der Waals surface area contributed by atoms with Gasteiger partial charge in [0.15, 0.2) is 0 Å². The highest BCUT2D eigenvalue weighted by molar-refractivity contribution is 6.31. The summed E-state index contributed by atoms with van der Waals surface area (Å²) in [4.78, 5) is 88.7. The van der Waals surface area contributed by atoms with Crippen molar-refractivity contribution < 1.29 is 37.9 Å². The number of amides is 6. The van der Waals surface area contributed by atoms with Crippen LogP contribution in [0.5, 0.6) is 5.75 Å². The van der Waals surface area contributed by atoms with Gasteiger partial charge < -0.3 is 20.7 Å². The van der Waals surface area contributed by atoms with Crippen LogP contribution < -0.4 is 26.0 Å². The third-order valence-corrected chi connectivity index (χ3v) is 12.0. The Hall–Kier alpha value is -7.12. The van der Waals surface area contributed by atoms with E-state index < -0.39 is 35.5 Å². The molecule has 2 aromatic heterocycles. The molecule has 67 heavy (non-hydrogen) atoms. The van der Waals surface area contributed by atoms with Gasteiger partial charge in [-0.25, -0.2) is 14.4 Å². The molecule has 20 heteroatoms. The number of ether oxygens (including phenoxy) is 1. The van der Waals surface area contributed by atoms with Crippen LogP contribution in [0.3, 0.4) is 0 Å². The minimum Gasteiger partial charge on any atom is -0.485 e. The lowest BCUT2D eigenvalue weighted by molar-refractivity contribution is -0.136. The highest BCUT2D eigenvalue weighted by Crippen LogP contribution is 2.35. The van der Waals surface area contributed by atoms with Crippen molar-refractivity contribution in [3.8, 4) is 5.75 Å². The van der Waals surface area contributed by atoms with Gasteiger partial charge in [-0.3, -0.25) is 48.6 Å². The number of fused-ring (bicyclic) bond motifs is 2. The van der Waals surface area contributed by atoms with Crippen LogP contribution in [0.1, 0.15) is 97.0 Å². The van der Waals surface area contributed by atoms with Crippen molar-refractivity contribution >= 4 is 80.8 Å². The van der Waals surface area contributed by atoms with Crippen LogP contribution in [0.15, 0.2) is 73.2 Å². The number of nitrogens with zero attached hydrogens (tertiary/aromatic N) is 7. The molecule has 0 aliphatic carbocycles. The zero-order valence-corrected chi connectivity index (χ0v) is 37.3. The summed E-state index contributed by atoms with van der Waals surface area (Å²) in [5.74, 6) is -2.89. The Morgan fingerprint density at radius 2 is 1.75 bits per heavy atom. The number of likely N-dealkylation sites (tertiary alicyclic amines) is 1. The molecule has 8 rings (SSSR count). The number of hydrogen-bond acceptors (Lipinski definition) is 13. The van der Waals surface area contributed by atoms with E-state index in [0.717, 1.165) is 56.5 Å². The van der Waals surface area contributed by atoms with Crippen molar-refractivity contribution in [1.82, 2.24) is 40.1 Å². The summed E-state index contributed by atoms with van der Waals surface area (Å²) in [6.07, 6.45) is 14.3. The quantitative estimate of drug-likeness (QED) is 0.0385. The smallest absolute Gasteiger partial charge is 0.264 e. The molecule has 1 unspecified atom stereocenters. The number of imide groups is 2. The Morgan fingerprint density at radius 1 is 0.925 bits per heavy atom. The van der Waals surface area contributed by atoms with Crippen LogP contribution >= 0.6 is 11.6 Å². The van der Waals surface area contributed by atoms with Crippen molar-refractivity contribution in [2.75, 3.05) is 35.6 Å². The molecule has 0 spiro atoms. The number of aromatic nitrogens is 5. The highest BCUT2D eigenvalue weighted by atomic mass is 35.5. The first-order valence-electron chi connectivity index (χ1n) is 22.4. The van der Waals surface area contributed by atoms with Crippen molar-refractivity contribution in [2.24, 2.45) is 0 Å². The van der Waals surface area contributed by atoms with Gasteiger partial charge in [0.2, 0.25) is 23.6 Å². The maximum Gasteiger partial charge on any atom is 0.264 e. The Bertz CT molecular complexity index is 2740. The fourth-order valence-corrected chi connectivity index (χ4v) is 8.50. The zero-order chi connectivity index (χ0) is 46.9. The van der Waals surface area contributed by atoms with Crippen LogP contribution in [0.25, 0.3) is 10.9 Å². The summed E-state index contributed by atoms with van der Waals surface area (Å²) in [6, 6.07) is 11.2. The van der Waals surface area contributed by atoms with Crippen LogP contribution in [0, 0.1) is 5.82 Å². The first-order valence-corrected chi connectivity index (χ1v) is 22.8. The lowest BCUT2D eigenvalue weighted by Gasteiger charge is -2.27. The number of nitrogens with one attached hydrogen (secondary N) is 4. The first-order chi connectivity index (χ1) is 32.5. The van der Waals surface area contributed by atoms with Crippen molar-refractivity contribution in [1.29, 1.82) is 0 Å². The molecule has 5 aromatic rings. The Labute approximate surface area is 389 Å². The van der Waals surface area contributed by atoms with Gasteiger partial charge >= 0.3 is 0 Å². The number of rotatable bonds is 19. The highest BCUT2D eigenvalue weighted by Gasteiger charge is 2.45. The fraction of sp³-hybridized carbons (Fsp3) is 0.362. The molecule has 5 heterocycles. The largest absolute Gasteiger partial charge is 0.485 e. The number of benzene rings is 3. The minimum absolute atomic E-state index is 0.0125. The molecule has 6 amide bonds. The van der Waals surface area contributed by atoms with E-state index in [0.29, 0.717) is 59.0 Å². The number of piperidine rings is 2. The van der Waals surface area contributed by atoms with Gasteiger partial charge in [0.05, 0.1) is 39.2 Å². The van der Waals surface area contributed by atoms with E-state index in [1.54, 1.807) is 41.2 Å². The topological polar surface area (TPSA) is 223 Å². The Morgan fingerprint density at radius 3 is 2.57 bits per heavy atom. The van der Waals surface area contributed by atoms with Gasteiger partial charge in [-0.1, -0.05) is 54.6 Å². The predicted molar refractivity (Wildman–Crippen MR) is 246 cm³/mol. The second-order valence-electron chi connectivity index (χ2n) is 16.6. The second kappa shape index (κ2) is 21.5. The van der Waals surface area contributed by atoms with Gasteiger partial charge in [-0.15, -0.1) is 5.10 Å². The van der Waals surface area contributed by atoms with E-state index in [1.807, 2.05) is 6.08 Å². The SMILES string of the molecule is O=C(/C=C/CN1CCCCC1)Nc1cc2c(Nc3ccc(F)c(Cl)c3)ncnc2cc1OCc1cn(CCCCCCCC(=O)Nc2cccc3c2C(=O)N(C2CCC(=O)NC2=O)C3=O)nn1. The van der Waals surface area contributed by atoms with E-state index in [1.165, 1.54) is 37.0 Å². The maximum atomic E-state index is 13.9. The van der Waals surface area contributed by atoms with Gasteiger partial charge in [0.25, 0.3) is 11.8 Å². The second-order valence-corrected chi connectivity index (χ2v) is 17.0. The monoisotopic (exact) mass is 933 g/mol. The number of aryl methyl sites for hydroxylation is 1. The molecule has 348 valence electrons. The number of hydrogen-bond donors (Lipinski definition) is 4. The van der Waals surface area contributed by atoms with E-state index in [9.17, 15) is 33.2 Å². The molecular weight excluding hydrogens is 885 g/mol. The summed E-state index contributed by atoms with van der Waals surface area (Å²) in [6.45, 7) is 3.36. The van der Waals surface area contributed by atoms with Crippen molar-refractivity contribution in [2.45, 2.75) is 89.8 Å². The van der Waals surface area contributed by atoms with E-state index in [4.69, 9.17) is 16.3 Å². The minimum atomic E-state index is -1.10. The van der Waals surface area contributed by atoms with Crippen LogP contribution in [-0.2, 0) is 32.3 Å². The number of halogens is 2. The van der Waals surface area contributed by atoms with E-state index in [-0.39, 0.29) is 59.5 Å². The average Bonchev–Trinajstić information content (AvgIpc) is 3.87. The molecule has 0 saturated carbocycles. The Kier molecular flexibility index (Phi) is 14.9. The van der Waals surface area contributed by atoms with E-state index in [2.05, 4.69) is 46.4 Å². The summed E-state index contributed by atoms with van der Waals surface area (Å²) in [7, 11) is 0. The maximum absolute atomic E-state index is 13.9. The first kappa shape index (κ1) is 46.4. The molecular formula is C47H49ClFN11O7. The molecule has 1 atom stereocenters. The molecule has 2 fully saturated rings. The molecule has 2 saturated heterocycles. The van der Waals surface area contributed by atoms with Gasteiger partial charge in [0, 0.05) is 49.1 Å². The lowest BCUT2D eigenvalue weighted by Crippen LogP contribution is -2.54. The normalized spacial score (nSPS) is 16.4. The fourth-order valence-electron chi connectivity index (χ4n) is 8.32. The molecule has 0 bridgehead atoms. The number of carbonyl (C=O) groups excluding carboxylic acids is 6. The van der Waals surface area contributed by atoms with Crippen LogP contribution in [0.2, 0.25) is 5.02 Å². The third kappa shape index (κ3) is 11.5. The predicted octanol–water partition coefficient (Wildman–Crippen LogP) is 6.70. The zero-order valence-electron chi connectivity index (χ0n) is 36.6. The molecule has 3 aliphatic rings. The Balaban J connectivity index is 0.814.